The number of benzene rings is 3. The molecular formula is C29H23Cl2N3O6S2. The molecule has 1 atom stereocenters. The number of carbonyl (C=O) groups is 2. The summed E-state index contributed by atoms with van der Waals surface area (Å²) in [5, 5.41) is 31.2. The molecule has 216 valence electrons. The highest BCUT2D eigenvalue weighted by Gasteiger charge is 2.48. The molecule has 0 aliphatic carbocycles. The minimum Gasteiger partial charge on any atom is -0.507 e. The largest absolute Gasteiger partial charge is 0.507 e. The van der Waals surface area contributed by atoms with Crippen LogP contribution in [0.1, 0.15) is 29.7 Å². The van der Waals surface area contributed by atoms with Crippen molar-refractivity contribution in [1.29, 1.82) is 0 Å². The minimum absolute atomic E-state index is 0.125. The molecule has 2 heterocycles. The van der Waals surface area contributed by atoms with Gasteiger partial charge in [0.2, 0.25) is 5.13 Å². The summed E-state index contributed by atoms with van der Waals surface area (Å²) in [6.45, 7) is 2.32. The third-order valence-corrected chi connectivity index (χ3v) is 9.06. The third-order valence-electron chi connectivity index (χ3n) is 6.37. The second-order valence-corrected chi connectivity index (χ2v) is 12.0. The summed E-state index contributed by atoms with van der Waals surface area (Å²) in [7, 11) is 1.39. The van der Waals surface area contributed by atoms with E-state index in [4.69, 9.17) is 32.7 Å². The van der Waals surface area contributed by atoms with E-state index in [1.165, 1.54) is 35.9 Å². The lowest BCUT2D eigenvalue weighted by molar-refractivity contribution is -0.132. The maximum Gasteiger partial charge on any atom is 0.301 e. The van der Waals surface area contributed by atoms with Crippen LogP contribution in [0.2, 0.25) is 10.0 Å². The maximum absolute atomic E-state index is 13.5. The monoisotopic (exact) mass is 643 g/mol. The van der Waals surface area contributed by atoms with E-state index in [1.807, 2.05) is 13.0 Å². The van der Waals surface area contributed by atoms with E-state index in [1.54, 1.807) is 42.5 Å². The van der Waals surface area contributed by atoms with E-state index < -0.39 is 17.7 Å². The number of ketones is 1. The third kappa shape index (κ3) is 5.91. The zero-order valence-electron chi connectivity index (χ0n) is 22.2. The quantitative estimate of drug-likeness (QED) is 0.0661. The zero-order valence-corrected chi connectivity index (χ0v) is 25.4. The van der Waals surface area contributed by atoms with Crippen molar-refractivity contribution < 1.29 is 29.3 Å². The Morgan fingerprint density at radius 3 is 2.52 bits per heavy atom. The van der Waals surface area contributed by atoms with E-state index in [0.717, 1.165) is 16.9 Å². The highest BCUT2D eigenvalue weighted by atomic mass is 35.5. The average molecular weight is 645 g/mol. The molecule has 1 aliphatic rings. The van der Waals surface area contributed by atoms with Crippen LogP contribution in [0.4, 0.5) is 5.13 Å². The Morgan fingerprint density at radius 2 is 1.83 bits per heavy atom. The van der Waals surface area contributed by atoms with Gasteiger partial charge in [0.15, 0.2) is 15.8 Å². The van der Waals surface area contributed by atoms with Crippen LogP contribution < -0.4 is 14.4 Å². The first-order chi connectivity index (χ1) is 20.2. The molecule has 1 aromatic heterocycles. The second kappa shape index (κ2) is 12.6. The number of amides is 1. The van der Waals surface area contributed by atoms with Gasteiger partial charge in [-0.2, -0.15) is 0 Å². The predicted octanol–water partition coefficient (Wildman–Crippen LogP) is 6.88. The highest BCUT2D eigenvalue weighted by Crippen LogP contribution is 2.45. The summed E-state index contributed by atoms with van der Waals surface area (Å²) < 4.78 is 11.3. The smallest absolute Gasteiger partial charge is 0.301 e. The molecule has 1 fully saturated rings. The molecule has 1 amide bonds. The Balaban J connectivity index is 1.55. The van der Waals surface area contributed by atoms with E-state index in [2.05, 4.69) is 10.2 Å². The normalized spacial score (nSPS) is 16.2. The fourth-order valence-electron chi connectivity index (χ4n) is 4.38. The first-order valence-corrected chi connectivity index (χ1v) is 15.1. The zero-order chi connectivity index (χ0) is 30.0. The number of aromatic nitrogens is 2. The lowest BCUT2D eigenvalue weighted by Gasteiger charge is -2.23. The number of thioether (sulfide) groups is 1. The number of aliphatic hydroxyl groups is 1. The first kappa shape index (κ1) is 29.7. The molecule has 5 rings (SSSR count). The van der Waals surface area contributed by atoms with Crippen molar-refractivity contribution in [3.05, 3.63) is 93.0 Å². The molecular weight excluding hydrogens is 621 g/mol. The van der Waals surface area contributed by atoms with Crippen LogP contribution in [0, 0.1) is 0 Å². The van der Waals surface area contributed by atoms with Gasteiger partial charge in [-0.15, -0.1) is 10.2 Å². The summed E-state index contributed by atoms with van der Waals surface area (Å²) in [5.74, 6) is -1.07. The standard InChI is InChI=1S/C29H23Cl2N3O6S2/c1-3-40-19-9-5-15(6-10-19)25(36)23-24(16-7-11-21(35)22(12-16)39-2)34(27(38)26(23)37)28-32-33-29(42-28)41-14-17-4-8-18(30)13-20(17)31/h4-13,24,35-36H,3,14H2,1-2H3/b25-23-. The van der Waals surface area contributed by atoms with Gasteiger partial charge in [-0.25, -0.2) is 0 Å². The van der Waals surface area contributed by atoms with Crippen LogP contribution in [0.3, 0.4) is 0 Å². The van der Waals surface area contributed by atoms with Crippen molar-refractivity contribution in [3.63, 3.8) is 0 Å². The second-order valence-electron chi connectivity index (χ2n) is 8.93. The Bertz CT molecular complexity index is 1690. The summed E-state index contributed by atoms with van der Waals surface area (Å²) in [6, 6.07) is 15.1. The van der Waals surface area contributed by atoms with E-state index in [-0.39, 0.29) is 28.0 Å². The number of phenols is 1. The molecule has 4 aromatic rings. The van der Waals surface area contributed by atoms with Crippen LogP contribution in [-0.4, -0.2) is 45.8 Å². The Kier molecular flexibility index (Phi) is 8.93. The van der Waals surface area contributed by atoms with Gasteiger partial charge in [0.05, 0.1) is 25.3 Å². The number of rotatable bonds is 9. The van der Waals surface area contributed by atoms with Gasteiger partial charge in [-0.3, -0.25) is 14.5 Å². The molecule has 3 aromatic carbocycles. The van der Waals surface area contributed by atoms with Crippen molar-refractivity contribution >= 4 is 68.9 Å². The minimum atomic E-state index is -1.08. The molecule has 1 aliphatic heterocycles. The Hall–Kier alpha value is -3.77. The fourth-order valence-corrected chi connectivity index (χ4v) is 6.80. The molecule has 9 nitrogen and oxygen atoms in total. The van der Waals surface area contributed by atoms with Gasteiger partial charge in [0.25, 0.3) is 5.78 Å². The number of hydrogen-bond donors (Lipinski definition) is 2. The molecule has 0 radical (unpaired) electrons. The summed E-state index contributed by atoms with van der Waals surface area (Å²) in [5.41, 5.74) is 1.43. The number of phenolic OH excluding ortho intramolecular Hbond substituents is 1. The van der Waals surface area contributed by atoms with Crippen LogP contribution >= 0.6 is 46.3 Å². The van der Waals surface area contributed by atoms with Gasteiger partial charge < -0.3 is 19.7 Å². The number of halogens is 2. The number of methoxy groups -OCH3 is 1. The molecule has 0 bridgehead atoms. The fraction of sp³-hybridized carbons (Fsp3) is 0.172. The van der Waals surface area contributed by atoms with Gasteiger partial charge in [-0.05, 0) is 66.6 Å². The molecule has 42 heavy (non-hydrogen) atoms. The topological polar surface area (TPSA) is 122 Å². The van der Waals surface area contributed by atoms with Crippen molar-refractivity contribution in [2.24, 2.45) is 0 Å². The number of carbonyl (C=O) groups excluding carboxylic acids is 2. The van der Waals surface area contributed by atoms with E-state index in [9.17, 15) is 19.8 Å². The maximum atomic E-state index is 13.5. The average Bonchev–Trinajstić information content (AvgIpc) is 3.55. The van der Waals surface area contributed by atoms with Gasteiger partial charge in [0, 0.05) is 21.4 Å². The van der Waals surface area contributed by atoms with Crippen LogP contribution in [0.25, 0.3) is 5.76 Å². The number of nitrogens with zero attached hydrogens (tertiary/aromatic N) is 3. The lowest BCUT2D eigenvalue weighted by atomic mass is 9.95. The predicted molar refractivity (Wildman–Crippen MR) is 163 cm³/mol. The van der Waals surface area contributed by atoms with Crippen LogP contribution in [-0.2, 0) is 15.3 Å². The molecule has 0 saturated carbocycles. The molecule has 13 heteroatoms. The van der Waals surface area contributed by atoms with Crippen LogP contribution in [0.5, 0.6) is 17.2 Å². The number of hydrogen-bond acceptors (Lipinski definition) is 10. The Labute approximate surface area is 259 Å². The summed E-state index contributed by atoms with van der Waals surface area (Å²) in [4.78, 5) is 28.2. The molecule has 1 unspecified atom stereocenters. The van der Waals surface area contributed by atoms with Crippen LogP contribution in [0.15, 0.2) is 70.6 Å². The van der Waals surface area contributed by atoms with Crippen molar-refractivity contribution in [2.45, 2.75) is 23.1 Å². The SMILES string of the molecule is CCOc1ccc(/C(O)=C2/C(=O)C(=O)N(c3nnc(SCc4ccc(Cl)cc4Cl)s3)C2c2ccc(O)c(OC)c2)cc1. The number of anilines is 1. The summed E-state index contributed by atoms with van der Waals surface area (Å²) >= 11 is 14.8. The number of aromatic hydroxyl groups is 1. The molecule has 1 saturated heterocycles. The first-order valence-electron chi connectivity index (χ1n) is 12.5. The highest BCUT2D eigenvalue weighted by molar-refractivity contribution is 8.00. The van der Waals surface area contributed by atoms with Gasteiger partial charge >= 0.3 is 5.91 Å². The number of Topliss-reactive ketones (excluding diaryl/α,β-unsaturated/α-hetero) is 1. The number of ether oxygens (including phenoxy) is 2. The molecule has 0 spiro atoms. The van der Waals surface area contributed by atoms with Gasteiger partial charge in [0.1, 0.15) is 11.5 Å². The van der Waals surface area contributed by atoms with Crippen molar-refractivity contribution in [3.8, 4) is 17.2 Å². The number of aliphatic hydroxyl groups excluding tert-OH is 1. The van der Waals surface area contributed by atoms with Crippen molar-refractivity contribution in [1.82, 2.24) is 10.2 Å². The van der Waals surface area contributed by atoms with E-state index in [0.29, 0.717) is 43.6 Å². The Morgan fingerprint density at radius 1 is 1.07 bits per heavy atom. The van der Waals surface area contributed by atoms with E-state index >= 15 is 0 Å². The molecule has 2 N–H and O–H groups in total. The van der Waals surface area contributed by atoms with Gasteiger partial charge in [-0.1, -0.05) is 58.4 Å². The summed E-state index contributed by atoms with van der Waals surface area (Å²) in [6.07, 6.45) is 0. The lowest BCUT2D eigenvalue weighted by Crippen LogP contribution is -2.29. The van der Waals surface area contributed by atoms with Crippen molar-refractivity contribution in [2.75, 3.05) is 18.6 Å².